The van der Waals surface area contributed by atoms with Crippen LogP contribution in [0.25, 0.3) is 5.82 Å². The first kappa shape index (κ1) is 9.32. The van der Waals surface area contributed by atoms with Gasteiger partial charge in [-0.25, -0.2) is 19.3 Å². The SMILES string of the molecule is CNc1ncn(-c2ccccn2)c(=O)n1. The van der Waals surface area contributed by atoms with Crippen LogP contribution in [0, 0.1) is 0 Å². The standard InChI is InChI=1S/C9H9N5O/c1-10-8-12-6-14(9(15)13-8)7-4-2-3-5-11-7/h2-6H,1H3,(H,10,13,15). The van der Waals surface area contributed by atoms with E-state index in [1.807, 2.05) is 0 Å². The number of anilines is 1. The van der Waals surface area contributed by atoms with Crippen LogP contribution in [0.3, 0.4) is 0 Å². The maximum absolute atomic E-state index is 11.5. The largest absolute Gasteiger partial charge is 0.357 e. The molecule has 6 nitrogen and oxygen atoms in total. The van der Waals surface area contributed by atoms with Crippen molar-refractivity contribution >= 4 is 5.95 Å². The monoisotopic (exact) mass is 203 g/mol. The lowest BCUT2D eigenvalue weighted by molar-refractivity contribution is 0.838. The molecule has 0 amide bonds. The molecule has 0 atom stereocenters. The van der Waals surface area contributed by atoms with Crippen molar-refractivity contribution in [3.8, 4) is 5.82 Å². The van der Waals surface area contributed by atoms with Crippen LogP contribution >= 0.6 is 0 Å². The van der Waals surface area contributed by atoms with Gasteiger partial charge >= 0.3 is 5.69 Å². The van der Waals surface area contributed by atoms with Crippen LogP contribution in [0.4, 0.5) is 5.95 Å². The Labute approximate surface area is 85.7 Å². The summed E-state index contributed by atoms with van der Waals surface area (Å²) in [5.74, 6) is 0.803. The Hall–Kier alpha value is -2.24. The quantitative estimate of drug-likeness (QED) is 0.747. The van der Waals surface area contributed by atoms with Crippen LogP contribution in [0.1, 0.15) is 0 Å². The van der Waals surface area contributed by atoms with E-state index in [0.29, 0.717) is 11.8 Å². The molecule has 0 spiro atoms. The molecule has 0 saturated heterocycles. The van der Waals surface area contributed by atoms with Gasteiger partial charge < -0.3 is 5.32 Å². The summed E-state index contributed by atoms with van der Waals surface area (Å²) < 4.78 is 1.28. The van der Waals surface area contributed by atoms with Crippen LogP contribution in [-0.4, -0.2) is 26.6 Å². The van der Waals surface area contributed by atoms with Crippen molar-refractivity contribution in [1.29, 1.82) is 0 Å². The van der Waals surface area contributed by atoms with E-state index in [1.54, 1.807) is 31.4 Å². The van der Waals surface area contributed by atoms with E-state index in [1.165, 1.54) is 10.9 Å². The molecule has 15 heavy (non-hydrogen) atoms. The number of nitrogens with zero attached hydrogens (tertiary/aromatic N) is 4. The van der Waals surface area contributed by atoms with Crippen LogP contribution in [0.15, 0.2) is 35.5 Å². The van der Waals surface area contributed by atoms with E-state index >= 15 is 0 Å². The minimum absolute atomic E-state index is 0.298. The zero-order valence-electron chi connectivity index (χ0n) is 8.08. The maximum atomic E-state index is 11.5. The molecule has 0 fully saturated rings. The predicted octanol–water partition coefficient (Wildman–Crippen LogP) is 0.0642. The van der Waals surface area contributed by atoms with Gasteiger partial charge in [-0.1, -0.05) is 6.07 Å². The van der Waals surface area contributed by atoms with Crippen molar-refractivity contribution in [3.63, 3.8) is 0 Å². The van der Waals surface area contributed by atoms with Gasteiger partial charge in [0.2, 0.25) is 5.95 Å². The second-order valence-corrected chi connectivity index (χ2v) is 2.77. The highest BCUT2D eigenvalue weighted by Crippen LogP contribution is 1.98. The molecule has 2 aromatic heterocycles. The second kappa shape index (κ2) is 3.87. The Kier molecular flexibility index (Phi) is 2.40. The molecule has 2 aromatic rings. The molecule has 0 aromatic carbocycles. The number of hydrogen-bond acceptors (Lipinski definition) is 5. The highest BCUT2D eigenvalue weighted by atomic mass is 16.1. The molecular weight excluding hydrogens is 194 g/mol. The summed E-state index contributed by atoms with van der Waals surface area (Å²) >= 11 is 0. The van der Waals surface area contributed by atoms with Crippen LogP contribution in [0.2, 0.25) is 0 Å². The first-order chi connectivity index (χ1) is 7.31. The third-order valence-electron chi connectivity index (χ3n) is 1.82. The molecule has 0 aliphatic rings. The van der Waals surface area contributed by atoms with Crippen molar-refractivity contribution in [3.05, 3.63) is 41.2 Å². The van der Waals surface area contributed by atoms with Gasteiger partial charge in [-0.3, -0.25) is 0 Å². The first-order valence-electron chi connectivity index (χ1n) is 4.36. The van der Waals surface area contributed by atoms with Crippen molar-refractivity contribution in [2.24, 2.45) is 0 Å². The van der Waals surface area contributed by atoms with E-state index in [-0.39, 0.29) is 0 Å². The summed E-state index contributed by atoms with van der Waals surface area (Å²) in [6.07, 6.45) is 3.00. The molecule has 0 aliphatic heterocycles. The summed E-state index contributed by atoms with van der Waals surface area (Å²) in [4.78, 5) is 23.2. The zero-order chi connectivity index (χ0) is 10.7. The van der Waals surface area contributed by atoms with Gasteiger partial charge in [0.1, 0.15) is 12.1 Å². The number of pyridine rings is 1. The van der Waals surface area contributed by atoms with Crippen LogP contribution in [-0.2, 0) is 0 Å². The number of rotatable bonds is 2. The van der Waals surface area contributed by atoms with Gasteiger partial charge in [0.25, 0.3) is 0 Å². The molecule has 0 unspecified atom stereocenters. The summed E-state index contributed by atoms with van der Waals surface area (Å²) in [5.41, 5.74) is -0.409. The third-order valence-corrected chi connectivity index (χ3v) is 1.82. The number of aromatic nitrogens is 4. The molecule has 76 valence electrons. The fraction of sp³-hybridized carbons (Fsp3) is 0.111. The topological polar surface area (TPSA) is 72.7 Å². The van der Waals surface area contributed by atoms with Gasteiger partial charge in [-0.15, -0.1) is 0 Å². The second-order valence-electron chi connectivity index (χ2n) is 2.77. The molecule has 2 rings (SSSR count). The van der Waals surface area contributed by atoms with Gasteiger partial charge in [-0.05, 0) is 12.1 Å². The smallest absolute Gasteiger partial charge is 0.357 e. The summed E-state index contributed by atoms with van der Waals surface area (Å²) in [6, 6.07) is 5.28. The fourth-order valence-electron chi connectivity index (χ4n) is 1.11. The molecule has 0 saturated carbocycles. The Balaban J connectivity index is 2.51. The Morgan fingerprint density at radius 2 is 2.20 bits per heavy atom. The minimum Gasteiger partial charge on any atom is -0.357 e. The molecule has 6 heteroatoms. The highest BCUT2D eigenvalue weighted by Gasteiger charge is 2.02. The van der Waals surface area contributed by atoms with Crippen molar-refractivity contribution < 1.29 is 0 Å². The lowest BCUT2D eigenvalue weighted by Gasteiger charge is -2.03. The van der Waals surface area contributed by atoms with E-state index in [9.17, 15) is 4.79 Å². The third kappa shape index (κ3) is 1.83. The van der Waals surface area contributed by atoms with Crippen molar-refractivity contribution in [2.45, 2.75) is 0 Å². The Morgan fingerprint density at radius 3 is 2.80 bits per heavy atom. The van der Waals surface area contributed by atoms with E-state index < -0.39 is 5.69 Å². The van der Waals surface area contributed by atoms with E-state index in [4.69, 9.17) is 0 Å². The summed E-state index contributed by atoms with van der Waals surface area (Å²) in [7, 11) is 1.65. The van der Waals surface area contributed by atoms with Gasteiger partial charge in [-0.2, -0.15) is 4.98 Å². The summed E-state index contributed by atoms with van der Waals surface area (Å²) in [5, 5.41) is 2.69. The Bertz CT molecular complexity index is 507. The molecule has 1 N–H and O–H groups in total. The lowest BCUT2D eigenvalue weighted by atomic mass is 10.5. The average molecular weight is 203 g/mol. The zero-order valence-corrected chi connectivity index (χ0v) is 8.08. The van der Waals surface area contributed by atoms with Crippen molar-refractivity contribution in [1.82, 2.24) is 19.5 Å². The maximum Gasteiger partial charge on any atom is 0.357 e. The normalized spacial score (nSPS) is 9.93. The highest BCUT2D eigenvalue weighted by molar-refractivity contribution is 5.24. The molecule has 0 aliphatic carbocycles. The first-order valence-corrected chi connectivity index (χ1v) is 4.36. The molecular formula is C9H9N5O. The molecule has 2 heterocycles. The Morgan fingerprint density at radius 1 is 1.33 bits per heavy atom. The van der Waals surface area contributed by atoms with E-state index in [2.05, 4.69) is 20.3 Å². The van der Waals surface area contributed by atoms with Crippen LogP contribution in [0.5, 0.6) is 0 Å². The van der Waals surface area contributed by atoms with Gasteiger partial charge in [0.05, 0.1) is 0 Å². The van der Waals surface area contributed by atoms with Gasteiger partial charge in [0.15, 0.2) is 0 Å². The fourth-order valence-corrected chi connectivity index (χ4v) is 1.11. The number of nitrogens with one attached hydrogen (secondary N) is 1. The minimum atomic E-state index is -0.409. The molecule has 0 radical (unpaired) electrons. The lowest BCUT2D eigenvalue weighted by Crippen LogP contribution is -2.23. The van der Waals surface area contributed by atoms with Gasteiger partial charge in [0, 0.05) is 13.2 Å². The van der Waals surface area contributed by atoms with Crippen LogP contribution < -0.4 is 11.0 Å². The van der Waals surface area contributed by atoms with Crippen molar-refractivity contribution in [2.75, 3.05) is 12.4 Å². The average Bonchev–Trinajstić information content (AvgIpc) is 2.30. The predicted molar refractivity (Wildman–Crippen MR) is 55.0 cm³/mol. The summed E-state index contributed by atoms with van der Waals surface area (Å²) in [6.45, 7) is 0. The number of hydrogen-bond donors (Lipinski definition) is 1. The van der Waals surface area contributed by atoms with E-state index in [0.717, 1.165) is 0 Å². The molecule has 0 bridgehead atoms.